The number of nitrogens with one attached hydrogen (secondary N) is 1. The van der Waals surface area contributed by atoms with Crippen LogP contribution in [0.25, 0.3) is 0 Å². The van der Waals surface area contributed by atoms with Gasteiger partial charge in [-0.3, -0.25) is 10.1 Å². The highest BCUT2D eigenvalue weighted by Gasteiger charge is 2.24. The van der Waals surface area contributed by atoms with Crippen LogP contribution >= 0.6 is 11.8 Å². The molecular formula is C15H22N2O3S. The van der Waals surface area contributed by atoms with Gasteiger partial charge in [-0.05, 0) is 31.4 Å². The molecule has 1 aromatic carbocycles. The molecule has 0 aliphatic carbocycles. The van der Waals surface area contributed by atoms with Gasteiger partial charge in [0, 0.05) is 30.2 Å². The first-order chi connectivity index (χ1) is 10.1. The summed E-state index contributed by atoms with van der Waals surface area (Å²) in [6.07, 6.45) is 2.32. The van der Waals surface area contributed by atoms with Crippen molar-refractivity contribution >= 4 is 23.1 Å². The van der Waals surface area contributed by atoms with Crippen molar-refractivity contribution < 1.29 is 9.66 Å². The van der Waals surface area contributed by atoms with Crippen LogP contribution in [0.3, 0.4) is 0 Å². The van der Waals surface area contributed by atoms with E-state index in [0.717, 1.165) is 37.3 Å². The van der Waals surface area contributed by atoms with Crippen molar-refractivity contribution in [3.05, 3.63) is 33.9 Å². The second kappa shape index (κ2) is 7.66. The molecule has 1 aliphatic heterocycles. The first-order valence-electron chi connectivity index (χ1n) is 7.36. The summed E-state index contributed by atoms with van der Waals surface area (Å²) in [5, 5.41) is 14.7. The Labute approximate surface area is 129 Å². The Bertz CT molecular complexity index is 496. The fraction of sp³-hybridized carbons (Fsp3) is 0.600. The molecule has 2 atom stereocenters. The third kappa shape index (κ3) is 4.35. The minimum absolute atomic E-state index is 0.148. The molecule has 1 aliphatic rings. The molecule has 0 bridgehead atoms. The van der Waals surface area contributed by atoms with Crippen LogP contribution in [-0.2, 0) is 10.5 Å². The number of hydrogen-bond donors (Lipinski definition) is 1. The minimum atomic E-state index is -0.332. The fourth-order valence-corrected chi connectivity index (χ4v) is 3.57. The zero-order valence-corrected chi connectivity index (χ0v) is 13.3. The molecule has 5 nitrogen and oxygen atoms in total. The lowest BCUT2D eigenvalue weighted by Crippen LogP contribution is -2.13. The highest BCUT2D eigenvalue weighted by molar-refractivity contribution is 7.99. The Hall–Kier alpha value is -1.27. The zero-order valence-electron chi connectivity index (χ0n) is 12.5. The predicted molar refractivity (Wildman–Crippen MR) is 87.0 cm³/mol. The van der Waals surface area contributed by atoms with Gasteiger partial charge in [-0.25, -0.2) is 0 Å². The molecule has 1 N–H and O–H groups in total. The molecule has 2 unspecified atom stereocenters. The molecule has 0 radical (unpaired) electrons. The smallest absolute Gasteiger partial charge is 0.292 e. The molecule has 1 fully saturated rings. The number of nitrogens with zero attached hydrogens (tertiary/aromatic N) is 1. The lowest BCUT2D eigenvalue weighted by Gasteiger charge is -2.14. The average Bonchev–Trinajstić information content (AvgIpc) is 2.88. The molecule has 0 spiro atoms. The number of nitro groups is 1. The Morgan fingerprint density at radius 3 is 2.95 bits per heavy atom. The molecule has 0 saturated carbocycles. The minimum Gasteiger partial charge on any atom is -0.379 e. The standard InChI is InChI=1S/C15H22N2O3S/c1-3-7-16-13-9-12(4-5-14(13)17(18)19)10-21-15-6-8-20-11(15)2/h4-5,9,11,15-16H,3,6-8,10H2,1-2H3. The maximum absolute atomic E-state index is 11.1. The van der Waals surface area contributed by atoms with Crippen LogP contribution in [0.2, 0.25) is 0 Å². The normalized spacial score (nSPS) is 21.4. The van der Waals surface area contributed by atoms with Crippen LogP contribution in [0.5, 0.6) is 0 Å². The van der Waals surface area contributed by atoms with E-state index in [-0.39, 0.29) is 10.6 Å². The number of anilines is 1. The Morgan fingerprint density at radius 2 is 2.33 bits per heavy atom. The molecular weight excluding hydrogens is 288 g/mol. The number of rotatable bonds is 7. The maximum atomic E-state index is 11.1. The summed E-state index contributed by atoms with van der Waals surface area (Å²) in [6.45, 7) is 5.72. The summed E-state index contributed by atoms with van der Waals surface area (Å²) in [5.41, 5.74) is 1.88. The molecule has 1 saturated heterocycles. The van der Waals surface area contributed by atoms with E-state index in [9.17, 15) is 10.1 Å². The molecule has 0 aromatic heterocycles. The van der Waals surface area contributed by atoms with E-state index in [1.165, 1.54) is 0 Å². The van der Waals surface area contributed by atoms with Crippen LogP contribution in [-0.4, -0.2) is 29.4 Å². The van der Waals surface area contributed by atoms with Crippen LogP contribution in [0, 0.1) is 10.1 Å². The zero-order chi connectivity index (χ0) is 15.2. The van der Waals surface area contributed by atoms with E-state index < -0.39 is 0 Å². The lowest BCUT2D eigenvalue weighted by molar-refractivity contribution is -0.384. The molecule has 1 heterocycles. The Balaban J connectivity index is 2.04. The van der Waals surface area contributed by atoms with E-state index in [1.807, 2.05) is 30.8 Å². The van der Waals surface area contributed by atoms with Gasteiger partial charge in [-0.1, -0.05) is 13.0 Å². The van der Waals surface area contributed by atoms with Gasteiger partial charge in [-0.2, -0.15) is 11.8 Å². The van der Waals surface area contributed by atoms with Crippen LogP contribution in [0.4, 0.5) is 11.4 Å². The van der Waals surface area contributed by atoms with Gasteiger partial charge in [0.25, 0.3) is 5.69 Å². The third-order valence-corrected chi connectivity index (χ3v) is 5.14. The number of nitro benzene ring substituents is 1. The molecule has 6 heteroatoms. The summed E-state index contributed by atoms with van der Waals surface area (Å²) < 4.78 is 5.56. The van der Waals surface area contributed by atoms with Crippen molar-refractivity contribution in [1.82, 2.24) is 0 Å². The fourth-order valence-electron chi connectivity index (χ4n) is 2.37. The van der Waals surface area contributed by atoms with Crippen molar-refractivity contribution in [2.24, 2.45) is 0 Å². The van der Waals surface area contributed by atoms with Gasteiger partial charge in [0.2, 0.25) is 0 Å². The van der Waals surface area contributed by atoms with Gasteiger partial charge in [0.1, 0.15) is 5.69 Å². The first kappa shape index (κ1) is 16.1. The summed E-state index contributed by atoms with van der Waals surface area (Å²) in [5.74, 6) is 0.858. The maximum Gasteiger partial charge on any atom is 0.292 e. The van der Waals surface area contributed by atoms with Crippen LogP contribution < -0.4 is 5.32 Å². The van der Waals surface area contributed by atoms with Crippen molar-refractivity contribution in [2.75, 3.05) is 18.5 Å². The van der Waals surface area contributed by atoms with Crippen LogP contribution in [0.15, 0.2) is 18.2 Å². The topological polar surface area (TPSA) is 64.4 Å². The highest BCUT2D eigenvalue weighted by Crippen LogP contribution is 2.31. The van der Waals surface area contributed by atoms with Gasteiger partial charge >= 0.3 is 0 Å². The van der Waals surface area contributed by atoms with Gasteiger partial charge < -0.3 is 10.1 Å². The Kier molecular flexibility index (Phi) is 5.87. The second-order valence-corrected chi connectivity index (χ2v) is 6.48. The van der Waals surface area contributed by atoms with Crippen molar-refractivity contribution in [3.8, 4) is 0 Å². The Morgan fingerprint density at radius 1 is 1.52 bits per heavy atom. The van der Waals surface area contributed by atoms with Crippen LogP contribution in [0.1, 0.15) is 32.3 Å². The van der Waals surface area contributed by atoms with Gasteiger partial charge in [-0.15, -0.1) is 0 Å². The highest BCUT2D eigenvalue weighted by atomic mass is 32.2. The average molecular weight is 310 g/mol. The molecule has 0 amide bonds. The lowest BCUT2D eigenvalue weighted by atomic mass is 10.2. The van der Waals surface area contributed by atoms with Crippen molar-refractivity contribution in [3.63, 3.8) is 0 Å². The van der Waals surface area contributed by atoms with Crippen molar-refractivity contribution in [1.29, 1.82) is 0 Å². The van der Waals surface area contributed by atoms with Gasteiger partial charge in [0.05, 0.1) is 11.0 Å². The second-order valence-electron chi connectivity index (χ2n) is 5.25. The summed E-state index contributed by atoms with van der Waals surface area (Å²) >= 11 is 1.87. The van der Waals surface area contributed by atoms with E-state index in [4.69, 9.17) is 4.74 Å². The molecule has 2 rings (SSSR count). The number of thioether (sulfide) groups is 1. The first-order valence-corrected chi connectivity index (χ1v) is 8.41. The SMILES string of the molecule is CCCNc1cc(CSC2CCOC2C)ccc1[N+](=O)[O-]. The monoisotopic (exact) mass is 310 g/mol. The third-order valence-electron chi connectivity index (χ3n) is 3.59. The quantitative estimate of drug-likeness (QED) is 0.612. The summed E-state index contributed by atoms with van der Waals surface area (Å²) in [7, 11) is 0. The molecule has 116 valence electrons. The number of ether oxygens (including phenoxy) is 1. The van der Waals surface area contributed by atoms with E-state index in [2.05, 4.69) is 12.2 Å². The number of hydrogen-bond acceptors (Lipinski definition) is 5. The summed E-state index contributed by atoms with van der Waals surface area (Å²) in [4.78, 5) is 10.7. The molecule has 1 aromatic rings. The number of benzene rings is 1. The molecule has 21 heavy (non-hydrogen) atoms. The van der Waals surface area contributed by atoms with E-state index >= 15 is 0 Å². The van der Waals surface area contributed by atoms with E-state index in [0.29, 0.717) is 17.0 Å². The largest absolute Gasteiger partial charge is 0.379 e. The van der Waals surface area contributed by atoms with Gasteiger partial charge in [0.15, 0.2) is 0 Å². The predicted octanol–water partition coefficient (Wildman–Crippen LogP) is 3.83. The summed E-state index contributed by atoms with van der Waals surface area (Å²) in [6, 6.07) is 5.35. The van der Waals surface area contributed by atoms with Crippen molar-refractivity contribution in [2.45, 2.75) is 43.8 Å². The van der Waals surface area contributed by atoms with E-state index in [1.54, 1.807) is 6.07 Å².